The van der Waals surface area contributed by atoms with E-state index in [0.29, 0.717) is 36.4 Å². The Morgan fingerprint density at radius 2 is 1.91 bits per heavy atom. The van der Waals surface area contributed by atoms with Gasteiger partial charge in [0.15, 0.2) is 0 Å². The number of fused-ring (bicyclic) bond motifs is 1. The molecule has 0 radical (unpaired) electrons. The SMILES string of the molecule is O=C1CCC(N2Cc3cc(OC4CCCN(Cc5ccc(F)cc5F)C4)ccc3C2=O)C(=O)N1. The van der Waals surface area contributed by atoms with Crippen molar-refractivity contribution in [2.24, 2.45) is 0 Å². The number of nitrogens with one attached hydrogen (secondary N) is 1. The molecule has 0 aromatic heterocycles. The van der Waals surface area contributed by atoms with E-state index in [1.54, 1.807) is 12.1 Å². The van der Waals surface area contributed by atoms with E-state index >= 15 is 0 Å². The summed E-state index contributed by atoms with van der Waals surface area (Å²) >= 11 is 0. The number of nitrogens with zero attached hydrogens (tertiary/aromatic N) is 2. The van der Waals surface area contributed by atoms with Gasteiger partial charge in [-0.2, -0.15) is 0 Å². The third kappa shape index (κ3) is 4.52. The van der Waals surface area contributed by atoms with Crippen LogP contribution in [-0.4, -0.2) is 52.8 Å². The minimum atomic E-state index is -0.652. The van der Waals surface area contributed by atoms with E-state index in [0.717, 1.165) is 31.0 Å². The maximum Gasteiger partial charge on any atom is 0.255 e. The lowest BCUT2D eigenvalue weighted by Crippen LogP contribution is -2.52. The summed E-state index contributed by atoms with van der Waals surface area (Å²) in [6.07, 6.45) is 2.17. The molecule has 0 spiro atoms. The van der Waals surface area contributed by atoms with Crippen molar-refractivity contribution in [1.29, 1.82) is 0 Å². The summed E-state index contributed by atoms with van der Waals surface area (Å²) in [4.78, 5) is 40.1. The monoisotopic (exact) mass is 469 g/mol. The van der Waals surface area contributed by atoms with Gasteiger partial charge in [-0.3, -0.25) is 24.6 Å². The van der Waals surface area contributed by atoms with Crippen LogP contribution in [0.5, 0.6) is 5.75 Å². The van der Waals surface area contributed by atoms with Gasteiger partial charge in [-0.1, -0.05) is 6.07 Å². The van der Waals surface area contributed by atoms with Crippen LogP contribution in [0.2, 0.25) is 0 Å². The first-order valence-electron chi connectivity index (χ1n) is 11.5. The van der Waals surface area contributed by atoms with Crippen LogP contribution in [0.1, 0.15) is 47.2 Å². The maximum atomic E-state index is 14.0. The number of carbonyl (C=O) groups excluding carboxylic acids is 3. The number of rotatable bonds is 5. The Labute approximate surface area is 195 Å². The Balaban J connectivity index is 1.23. The fourth-order valence-corrected chi connectivity index (χ4v) is 4.96. The van der Waals surface area contributed by atoms with Gasteiger partial charge in [0.25, 0.3) is 5.91 Å². The van der Waals surface area contributed by atoms with Gasteiger partial charge >= 0.3 is 0 Å². The van der Waals surface area contributed by atoms with E-state index in [2.05, 4.69) is 10.2 Å². The second-order valence-corrected chi connectivity index (χ2v) is 9.07. The Hall–Kier alpha value is -3.33. The molecule has 2 fully saturated rings. The molecule has 34 heavy (non-hydrogen) atoms. The van der Waals surface area contributed by atoms with Crippen LogP contribution in [0.3, 0.4) is 0 Å². The van der Waals surface area contributed by atoms with Gasteiger partial charge < -0.3 is 9.64 Å². The zero-order valence-corrected chi connectivity index (χ0v) is 18.6. The van der Waals surface area contributed by atoms with Crippen molar-refractivity contribution in [3.05, 3.63) is 64.7 Å². The second kappa shape index (κ2) is 9.13. The number of hydrogen-bond donors (Lipinski definition) is 1. The first-order chi connectivity index (χ1) is 16.4. The van der Waals surface area contributed by atoms with Crippen molar-refractivity contribution in [2.75, 3.05) is 13.1 Å². The van der Waals surface area contributed by atoms with E-state index < -0.39 is 23.6 Å². The molecule has 7 nitrogen and oxygen atoms in total. The molecule has 3 aliphatic heterocycles. The number of imide groups is 1. The second-order valence-electron chi connectivity index (χ2n) is 9.07. The molecule has 2 aromatic carbocycles. The number of halogens is 2. The van der Waals surface area contributed by atoms with Crippen LogP contribution in [0.4, 0.5) is 8.78 Å². The molecule has 2 atom stereocenters. The van der Waals surface area contributed by atoms with Gasteiger partial charge in [-0.15, -0.1) is 0 Å². The summed E-state index contributed by atoms with van der Waals surface area (Å²) in [6.45, 7) is 2.08. The standard InChI is InChI=1S/C25H25F2N3O4/c26-17-4-3-15(21(27)11-17)12-29-9-1-2-19(14-29)34-18-5-6-20-16(10-18)13-30(25(20)33)22-7-8-23(31)28-24(22)32/h3-6,10-11,19,22H,1-2,7-9,12-14H2,(H,28,31,32). The predicted octanol–water partition coefficient (Wildman–Crippen LogP) is 2.77. The zero-order valence-electron chi connectivity index (χ0n) is 18.6. The number of likely N-dealkylation sites (tertiary alicyclic amines) is 1. The molecule has 2 unspecified atom stereocenters. The van der Waals surface area contributed by atoms with E-state index in [9.17, 15) is 23.2 Å². The summed E-state index contributed by atoms with van der Waals surface area (Å²) in [7, 11) is 0. The molecule has 0 saturated carbocycles. The maximum absolute atomic E-state index is 14.0. The summed E-state index contributed by atoms with van der Waals surface area (Å²) in [5.74, 6) is -1.48. The Morgan fingerprint density at radius 3 is 2.71 bits per heavy atom. The fourth-order valence-electron chi connectivity index (χ4n) is 4.96. The normalized spacial score (nSPS) is 23.1. The molecule has 178 valence electrons. The lowest BCUT2D eigenvalue weighted by Gasteiger charge is -2.33. The van der Waals surface area contributed by atoms with Crippen molar-refractivity contribution in [3.63, 3.8) is 0 Å². The minimum Gasteiger partial charge on any atom is -0.489 e. The van der Waals surface area contributed by atoms with Crippen LogP contribution in [0.25, 0.3) is 0 Å². The highest BCUT2D eigenvalue weighted by molar-refractivity contribution is 6.05. The molecule has 1 N–H and O–H groups in total. The fraction of sp³-hybridized carbons (Fsp3) is 0.400. The first kappa shape index (κ1) is 22.5. The number of hydrogen-bond acceptors (Lipinski definition) is 5. The Bertz CT molecular complexity index is 1150. The summed E-state index contributed by atoms with van der Waals surface area (Å²) in [5.41, 5.74) is 1.77. The van der Waals surface area contributed by atoms with Crippen LogP contribution in [-0.2, 0) is 22.7 Å². The molecule has 2 aromatic rings. The van der Waals surface area contributed by atoms with Gasteiger partial charge in [0, 0.05) is 43.2 Å². The largest absolute Gasteiger partial charge is 0.489 e. The quantitative estimate of drug-likeness (QED) is 0.682. The lowest BCUT2D eigenvalue weighted by molar-refractivity contribution is -0.136. The van der Waals surface area contributed by atoms with Gasteiger partial charge in [-0.25, -0.2) is 8.78 Å². The van der Waals surface area contributed by atoms with E-state index in [1.807, 2.05) is 6.07 Å². The molecule has 9 heteroatoms. The molecular weight excluding hydrogens is 444 g/mol. The molecular formula is C25H25F2N3O4. The number of carbonyl (C=O) groups is 3. The minimum absolute atomic E-state index is 0.0985. The number of ether oxygens (including phenoxy) is 1. The van der Waals surface area contributed by atoms with Crippen molar-refractivity contribution in [1.82, 2.24) is 15.1 Å². The summed E-state index contributed by atoms with van der Waals surface area (Å²) in [6, 6.07) is 8.29. The lowest BCUT2D eigenvalue weighted by atomic mass is 10.0. The third-order valence-corrected chi connectivity index (χ3v) is 6.67. The molecule has 3 heterocycles. The number of piperidine rings is 2. The molecule has 2 saturated heterocycles. The van der Waals surface area contributed by atoms with E-state index in [-0.39, 0.29) is 30.9 Å². The van der Waals surface area contributed by atoms with Crippen molar-refractivity contribution in [3.8, 4) is 5.75 Å². The molecule has 3 aliphatic rings. The summed E-state index contributed by atoms with van der Waals surface area (Å²) in [5, 5.41) is 2.30. The molecule has 5 rings (SSSR count). The highest BCUT2D eigenvalue weighted by Crippen LogP contribution is 2.31. The van der Waals surface area contributed by atoms with Crippen molar-refractivity contribution in [2.45, 2.75) is 50.9 Å². The van der Waals surface area contributed by atoms with Crippen molar-refractivity contribution >= 4 is 17.7 Å². The van der Waals surface area contributed by atoms with Gasteiger partial charge in [-0.05, 0) is 55.6 Å². The highest BCUT2D eigenvalue weighted by Gasteiger charge is 2.39. The highest BCUT2D eigenvalue weighted by atomic mass is 19.1. The predicted molar refractivity (Wildman–Crippen MR) is 118 cm³/mol. The average Bonchev–Trinajstić information content (AvgIpc) is 3.11. The Kier molecular flexibility index (Phi) is 6.03. The molecule has 3 amide bonds. The van der Waals surface area contributed by atoms with E-state index in [4.69, 9.17) is 4.74 Å². The first-order valence-corrected chi connectivity index (χ1v) is 11.5. The van der Waals surface area contributed by atoms with E-state index in [1.165, 1.54) is 17.0 Å². The van der Waals surface area contributed by atoms with Crippen LogP contribution >= 0.6 is 0 Å². The smallest absolute Gasteiger partial charge is 0.255 e. The van der Waals surface area contributed by atoms with Crippen molar-refractivity contribution < 1.29 is 27.9 Å². The number of amides is 3. The molecule has 0 aliphatic carbocycles. The summed E-state index contributed by atoms with van der Waals surface area (Å²) < 4.78 is 33.4. The number of benzene rings is 2. The van der Waals surface area contributed by atoms with Crippen LogP contribution in [0.15, 0.2) is 36.4 Å². The van der Waals surface area contributed by atoms with Gasteiger partial charge in [0.05, 0.1) is 0 Å². The van der Waals surface area contributed by atoms with Crippen LogP contribution < -0.4 is 10.1 Å². The van der Waals surface area contributed by atoms with Crippen LogP contribution in [0, 0.1) is 11.6 Å². The topological polar surface area (TPSA) is 79.0 Å². The van der Waals surface area contributed by atoms with Gasteiger partial charge in [0.2, 0.25) is 11.8 Å². The Morgan fingerprint density at radius 1 is 1.06 bits per heavy atom. The third-order valence-electron chi connectivity index (χ3n) is 6.67. The molecule has 0 bridgehead atoms. The van der Waals surface area contributed by atoms with Gasteiger partial charge in [0.1, 0.15) is 29.5 Å². The zero-order chi connectivity index (χ0) is 23.8. The average molecular weight is 469 g/mol.